The maximum atomic E-state index is 12.3. The van der Waals surface area contributed by atoms with Crippen molar-refractivity contribution >= 4 is 5.91 Å². The van der Waals surface area contributed by atoms with E-state index in [1.54, 1.807) is 0 Å². The zero-order chi connectivity index (χ0) is 14.6. The van der Waals surface area contributed by atoms with Crippen molar-refractivity contribution in [1.29, 1.82) is 0 Å². The Morgan fingerprint density at radius 1 is 1.21 bits per heavy atom. The summed E-state index contributed by atoms with van der Waals surface area (Å²) in [6.07, 6.45) is 4.81. The first kappa shape index (κ1) is 16.5. The molecule has 1 rings (SSSR count). The van der Waals surface area contributed by atoms with E-state index in [4.69, 9.17) is 0 Å². The van der Waals surface area contributed by atoms with Crippen molar-refractivity contribution in [3.63, 3.8) is 0 Å². The highest BCUT2D eigenvalue weighted by Gasteiger charge is 2.31. The van der Waals surface area contributed by atoms with Gasteiger partial charge in [-0.15, -0.1) is 0 Å². The number of carbonyl (C=O) groups excluding carboxylic acids is 1. The number of hydrogen-bond acceptors (Lipinski definition) is 2. The molecule has 1 aliphatic carbocycles. The number of nitrogens with one attached hydrogen (secondary N) is 1. The van der Waals surface area contributed by atoms with Gasteiger partial charge in [0, 0.05) is 12.6 Å². The molecule has 0 heterocycles. The quantitative estimate of drug-likeness (QED) is 0.831. The van der Waals surface area contributed by atoms with Gasteiger partial charge in [0.25, 0.3) is 0 Å². The minimum absolute atomic E-state index is 0.203. The molecule has 1 amide bonds. The van der Waals surface area contributed by atoms with Gasteiger partial charge in [0.1, 0.15) is 0 Å². The summed E-state index contributed by atoms with van der Waals surface area (Å²) >= 11 is 0. The molecule has 0 aliphatic heterocycles. The van der Waals surface area contributed by atoms with E-state index < -0.39 is 0 Å². The predicted octanol–water partition coefficient (Wildman–Crippen LogP) is 2.91. The zero-order valence-corrected chi connectivity index (χ0v) is 13.6. The van der Waals surface area contributed by atoms with Gasteiger partial charge in [0.05, 0.1) is 5.41 Å². The molecule has 19 heavy (non-hydrogen) atoms. The third-order valence-electron chi connectivity index (χ3n) is 4.38. The zero-order valence-electron chi connectivity index (χ0n) is 13.6. The topological polar surface area (TPSA) is 32.3 Å². The van der Waals surface area contributed by atoms with Gasteiger partial charge in [-0.1, -0.05) is 13.8 Å². The van der Waals surface area contributed by atoms with Crippen molar-refractivity contribution in [3.05, 3.63) is 0 Å². The minimum atomic E-state index is -0.307. The molecule has 112 valence electrons. The fourth-order valence-electron chi connectivity index (χ4n) is 3.17. The van der Waals surface area contributed by atoms with Gasteiger partial charge in [0.2, 0.25) is 5.91 Å². The first-order valence-electron chi connectivity index (χ1n) is 7.68. The molecule has 3 heteroatoms. The van der Waals surface area contributed by atoms with E-state index in [2.05, 4.69) is 24.1 Å². The second-order valence-corrected chi connectivity index (χ2v) is 7.45. The van der Waals surface area contributed by atoms with Crippen molar-refractivity contribution in [3.8, 4) is 0 Å². The van der Waals surface area contributed by atoms with Crippen molar-refractivity contribution in [1.82, 2.24) is 10.2 Å². The lowest BCUT2D eigenvalue weighted by Gasteiger charge is -2.34. The first-order chi connectivity index (χ1) is 8.72. The lowest BCUT2D eigenvalue weighted by Crippen LogP contribution is -2.48. The lowest BCUT2D eigenvalue weighted by atomic mass is 9.79. The average molecular weight is 268 g/mol. The second kappa shape index (κ2) is 6.74. The van der Waals surface area contributed by atoms with Crippen molar-refractivity contribution in [2.45, 2.75) is 59.4 Å². The highest BCUT2D eigenvalue weighted by atomic mass is 16.2. The van der Waals surface area contributed by atoms with E-state index in [1.165, 1.54) is 12.8 Å². The molecular formula is C16H32N2O. The van der Waals surface area contributed by atoms with Crippen LogP contribution >= 0.6 is 0 Å². The third kappa shape index (κ3) is 5.13. The Bertz CT molecular complexity index is 289. The molecule has 0 radical (unpaired) electrons. The predicted molar refractivity (Wildman–Crippen MR) is 81.1 cm³/mol. The molecule has 3 nitrogen and oxygen atoms in total. The fraction of sp³-hybridized carbons (Fsp3) is 0.938. The van der Waals surface area contributed by atoms with E-state index in [0.717, 1.165) is 31.2 Å². The number of nitrogens with zero attached hydrogens (tertiary/aromatic N) is 1. The van der Waals surface area contributed by atoms with Crippen LogP contribution in [0.25, 0.3) is 0 Å². The molecule has 0 unspecified atom stereocenters. The number of rotatable bonds is 5. The maximum absolute atomic E-state index is 12.3. The lowest BCUT2D eigenvalue weighted by molar-refractivity contribution is -0.131. The molecule has 0 aromatic rings. The van der Waals surface area contributed by atoms with Gasteiger partial charge in [-0.25, -0.2) is 0 Å². The summed E-state index contributed by atoms with van der Waals surface area (Å²) in [4.78, 5) is 14.4. The summed E-state index contributed by atoms with van der Waals surface area (Å²) in [5, 5.41) is 3.26. The minimum Gasteiger partial charge on any atom is -0.353 e. The Hall–Kier alpha value is -0.570. The SMILES string of the molecule is CC(C)[C@H]1CC[C@H](NC(=O)C(C)(C)CN(C)C)CC1. The molecule has 1 N–H and O–H groups in total. The van der Waals surface area contributed by atoms with Crippen LogP contribution < -0.4 is 5.32 Å². The molecule has 0 aromatic heterocycles. The molecule has 0 atom stereocenters. The summed E-state index contributed by atoms with van der Waals surface area (Å²) in [7, 11) is 4.03. The van der Waals surface area contributed by atoms with Crippen LogP contribution in [-0.4, -0.2) is 37.5 Å². The molecule has 0 aromatic carbocycles. The van der Waals surface area contributed by atoms with E-state index in [0.29, 0.717) is 6.04 Å². The van der Waals surface area contributed by atoms with Crippen LogP contribution in [0.1, 0.15) is 53.4 Å². The standard InChI is InChI=1S/C16H32N2O/c1-12(2)13-7-9-14(10-8-13)17-15(19)16(3,4)11-18(5)6/h12-14H,7-11H2,1-6H3,(H,17,19)/t13-,14-. The van der Waals surface area contributed by atoms with Gasteiger partial charge < -0.3 is 10.2 Å². The van der Waals surface area contributed by atoms with Gasteiger partial charge in [0.15, 0.2) is 0 Å². The molecule has 0 spiro atoms. The van der Waals surface area contributed by atoms with Crippen LogP contribution in [0.2, 0.25) is 0 Å². The highest BCUT2D eigenvalue weighted by Crippen LogP contribution is 2.30. The Labute approximate surface area is 119 Å². The summed E-state index contributed by atoms with van der Waals surface area (Å²) in [6, 6.07) is 0.393. The molecule has 0 bridgehead atoms. The van der Waals surface area contributed by atoms with Gasteiger partial charge >= 0.3 is 0 Å². The number of amides is 1. The van der Waals surface area contributed by atoms with E-state index in [-0.39, 0.29) is 11.3 Å². The molecule has 0 saturated heterocycles. The first-order valence-corrected chi connectivity index (χ1v) is 7.68. The van der Waals surface area contributed by atoms with Crippen molar-refractivity contribution in [2.24, 2.45) is 17.3 Å². The fourth-order valence-corrected chi connectivity index (χ4v) is 3.17. The van der Waals surface area contributed by atoms with Crippen LogP contribution in [-0.2, 0) is 4.79 Å². The summed E-state index contributed by atoms with van der Waals surface area (Å²) in [5.74, 6) is 1.83. The molecule has 1 saturated carbocycles. The Kier molecular flexibility index (Phi) is 5.84. The van der Waals surface area contributed by atoms with Crippen molar-refractivity contribution < 1.29 is 4.79 Å². The summed E-state index contributed by atoms with van der Waals surface area (Å²) < 4.78 is 0. The van der Waals surface area contributed by atoms with Gasteiger partial charge in [-0.3, -0.25) is 4.79 Å². The number of hydrogen-bond donors (Lipinski definition) is 1. The largest absolute Gasteiger partial charge is 0.353 e. The van der Waals surface area contributed by atoms with Gasteiger partial charge in [-0.05, 0) is 65.5 Å². The normalized spacial score (nSPS) is 24.8. The van der Waals surface area contributed by atoms with Crippen LogP contribution in [0.15, 0.2) is 0 Å². The second-order valence-electron chi connectivity index (χ2n) is 7.45. The van der Waals surface area contributed by atoms with E-state index in [9.17, 15) is 4.79 Å². The third-order valence-corrected chi connectivity index (χ3v) is 4.38. The molecular weight excluding hydrogens is 236 g/mol. The van der Waals surface area contributed by atoms with Crippen LogP contribution in [0.5, 0.6) is 0 Å². The van der Waals surface area contributed by atoms with Crippen molar-refractivity contribution in [2.75, 3.05) is 20.6 Å². The van der Waals surface area contributed by atoms with Crippen LogP contribution in [0, 0.1) is 17.3 Å². The average Bonchev–Trinajstić information content (AvgIpc) is 2.27. The van der Waals surface area contributed by atoms with Gasteiger partial charge in [-0.2, -0.15) is 0 Å². The van der Waals surface area contributed by atoms with Crippen LogP contribution in [0.3, 0.4) is 0 Å². The molecule has 1 aliphatic rings. The van der Waals surface area contributed by atoms with E-state index >= 15 is 0 Å². The molecule has 1 fully saturated rings. The Balaban J connectivity index is 2.42. The monoisotopic (exact) mass is 268 g/mol. The number of carbonyl (C=O) groups is 1. The Morgan fingerprint density at radius 3 is 2.16 bits per heavy atom. The summed E-state index contributed by atoms with van der Waals surface area (Å²) in [5.41, 5.74) is -0.307. The highest BCUT2D eigenvalue weighted by molar-refractivity contribution is 5.82. The maximum Gasteiger partial charge on any atom is 0.227 e. The van der Waals surface area contributed by atoms with E-state index in [1.807, 2.05) is 27.9 Å². The Morgan fingerprint density at radius 2 is 1.74 bits per heavy atom. The summed E-state index contributed by atoms with van der Waals surface area (Å²) in [6.45, 7) is 9.47. The smallest absolute Gasteiger partial charge is 0.227 e. The van der Waals surface area contributed by atoms with Crippen LogP contribution in [0.4, 0.5) is 0 Å².